The molecule has 0 unspecified atom stereocenters. The van der Waals surface area contributed by atoms with Gasteiger partial charge < -0.3 is 18.9 Å². The van der Waals surface area contributed by atoms with Crippen LogP contribution in [0.2, 0.25) is 0 Å². The van der Waals surface area contributed by atoms with Gasteiger partial charge in [-0.2, -0.15) is 0 Å². The number of rotatable bonds is 6. The second-order valence-corrected chi connectivity index (χ2v) is 6.78. The van der Waals surface area contributed by atoms with E-state index >= 15 is 0 Å². The maximum absolute atomic E-state index is 5.78. The van der Waals surface area contributed by atoms with E-state index in [0.29, 0.717) is 0 Å². The molecule has 4 aromatic carbocycles. The number of hydrogen-bond donors (Lipinski definition) is 0. The van der Waals surface area contributed by atoms with Crippen LogP contribution in [-0.2, 0) is 0 Å². The summed E-state index contributed by atoms with van der Waals surface area (Å²) < 4.78 is 22.8. The van der Waals surface area contributed by atoms with Crippen molar-refractivity contribution < 1.29 is 18.9 Å². The highest BCUT2D eigenvalue weighted by atomic mass is 16.5. The molecule has 0 aliphatic rings. The summed E-state index contributed by atoms with van der Waals surface area (Å²) in [5, 5.41) is 1.93. The largest absolute Gasteiger partial charge is 0.496 e. The molecule has 4 rings (SSSR count). The van der Waals surface area contributed by atoms with Gasteiger partial charge in [-0.3, -0.25) is 0 Å². The first-order chi connectivity index (χ1) is 14.7. The molecule has 4 heteroatoms. The Morgan fingerprint density at radius 1 is 0.367 bits per heavy atom. The van der Waals surface area contributed by atoms with Crippen LogP contribution >= 0.6 is 0 Å². The summed E-state index contributed by atoms with van der Waals surface area (Å²) in [5.41, 5.74) is 4.00. The Morgan fingerprint density at radius 2 is 0.733 bits per heavy atom. The zero-order chi connectivity index (χ0) is 21.1. The van der Waals surface area contributed by atoms with Gasteiger partial charge in [0.1, 0.15) is 23.0 Å². The zero-order valence-corrected chi connectivity index (χ0v) is 17.6. The Bertz CT molecular complexity index is 1100. The van der Waals surface area contributed by atoms with Crippen LogP contribution < -0.4 is 18.9 Å². The van der Waals surface area contributed by atoms with E-state index in [1.807, 2.05) is 60.7 Å². The van der Waals surface area contributed by atoms with Crippen LogP contribution in [0.3, 0.4) is 0 Å². The van der Waals surface area contributed by atoms with E-state index < -0.39 is 0 Å². The number of ether oxygens (including phenoxy) is 4. The molecule has 0 aromatic heterocycles. The fraction of sp³-hybridized carbons (Fsp3) is 0.154. The van der Waals surface area contributed by atoms with Gasteiger partial charge in [0.05, 0.1) is 28.4 Å². The Hall–Kier alpha value is -3.66. The number of benzene rings is 4. The van der Waals surface area contributed by atoms with E-state index in [9.17, 15) is 0 Å². The van der Waals surface area contributed by atoms with Crippen LogP contribution in [0.25, 0.3) is 33.0 Å². The van der Waals surface area contributed by atoms with E-state index in [1.165, 1.54) is 0 Å². The molecular formula is C26H24O4. The van der Waals surface area contributed by atoms with E-state index in [0.717, 1.165) is 56.0 Å². The molecule has 4 aromatic rings. The van der Waals surface area contributed by atoms with E-state index in [-0.39, 0.29) is 0 Å². The van der Waals surface area contributed by atoms with Crippen molar-refractivity contribution in [3.05, 3.63) is 72.8 Å². The summed E-state index contributed by atoms with van der Waals surface area (Å²) >= 11 is 0. The Balaban J connectivity index is 2.15. The molecular weight excluding hydrogens is 376 g/mol. The molecule has 0 aliphatic carbocycles. The summed E-state index contributed by atoms with van der Waals surface area (Å²) in [6.45, 7) is 0. The van der Waals surface area contributed by atoms with E-state index in [2.05, 4.69) is 12.1 Å². The predicted octanol–water partition coefficient (Wildman–Crippen LogP) is 6.21. The molecule has 0 saturated carbocycles. The van der Waals surface area contributed by atoms with E-state index in [1.54, 1.807) is 28.4 Å². The lowest BCUT2D eigenvalue weighted by molar-refractivity contribution is 0.413. The Labute approximate surface area is 176 Å². The average molecular weight is 400 g/mol. The van der Waals surface area contributed by atoms with Gasteiger partial charge >= 0.3 is 0 Å². The normalized spacial score (nSPS) is 10.7. The minimum absolute atomic E-state index is 0.767. The molecule has 0 N–H and O–H groups in total. The number of para-hydroxylation sites is 2. The highest BCUT2D eigenvalue weighted by Gasteiger charge is 2.20. The van der Waals surface area contributed by atoms with Crippen molar-refractivity contribution in [3.63, 3.8) is 0 Å². The second-order valence-electron chi connectivity index (χ2n) is 6.78. The minimum Gasteiger partial charge on any atom is -0.496 e. The number of methoxy groups -OCH3 is 4. The molecule has 0 radical (unpaired) electrons. The highest BCUT2D eigenvalue weighted by molar-refractivity contribution is 6.12. The fourth-order valence-electron chi connectivity index (χ4n) is 3.96. The van der Waals surface area contributed by atoms with Crippen molar-refractivity contribution in [3.8, 4) is 45.3 Å². The summed E-state index contributed by atoms with van der Waals surface area (Å²) in [4.78, 5) is 0. The van der Waals surface area contributed by atoms with Gasteiger partial charge in [-0.1, -0.05) is 36.4 Å². The third kappa shape index (κ3) is 3.20. The molecule has 0 fully saturated rings. The summed E-state index contributed by atoms with van der Waals surface area (Å²) in [7, 11) is 6.73. The molecule has 0 bridgehead atoms. The maximum atomic E-state index is 5.78. The van der Waals surface area contributed by atoms with Gasteiger partial charge in [-0.25, -0.2) is 0 Å². The fourth-order valence-corrected chi connectivity index (χ4v) is 3.96. The minimum atomic E-state index is 0.767. The molecule has 0 aliphatic heterocycles. The SMILES string of the molecule is COc1ccccc1-c1ccc(OC)c2c(-c3ccccc3OC)ccc(OC)c12. The second kappa shape index (κ2) is 8.37. The molecule has 0 saturated heterocycles. The standard InChI is InChI=1S/C26H24O4/c1-27-21-11-7-5-9-17(21)19-13-15-24(30-4)26-20(14-16-23(29-3)25(19)26)18-10-6-8-12-22(18)28-2/h5-16H,1-4H3. The van der Waals surface area contributed by atoms with Crippen LogP contribution in [0.15, 0.2) is 72.8 Å². The van der Waals surface area contributed by atoms with Crippen molar-refractivity contribution in [2.24, 2.45) is 0 Å². The Kier molecular flexibility index (Phi) is 5.48. The third-order valence-electron chi connectivity index (χ3n) is 5.32. The predicted molar refractivity (Wildman–Crippen MR) is 121 cm³/mol. The molecule has 30 heavy (non-hydrogen) atoms. The van der Waals surface area contributed by atoms with Gasteiger partial charge in [0, 0.05) is 21.9 Å². The third-order valence-corrected chi connectivity index (χ3v) is 5.32. The average Bonchev–Trinajstić information content (AvgIpc) is 2.82. The molecule has 152 valence electrons. The molecule has 0 spiro atoms. The van der Waals surface area contributed by atoms with Gasteiger partial charge in [0.15, 0.2) is 0 Å². The van der Waals surface area contributed by atoms with Crippen molar-refractivity contribution in [2.45, 2.75) is 0 Å². The molecule has 4 nitrogen and oxygen atoms in total. The van der Waals surface area contributed by atoms with Crippen molar-refractivity contribution in [1.82, 2.24) is 0 Å². The van der Waals surface area contributed by atoms with Crippen LogP contribution in [-0.4, -0.2) is 28.4 Å². The lowest BCUT2D eigenvalue weighted by Crippen LogP contribution is -1.96. The lowest BCUT2D eigenvalue weighted by Gasteiger charge is -2.19. The first-order valence-corrected chi connectivity index (χ1v) is 9.68. The highest BCUT2D eigenvalue weighted by Crippen LogP contribution is 2.47. The maximum Gasteiger partial charge on any atom is 0.127 e. The van der Waals surface area contributed by atoms with Crippen molar-refractivity contribution >= 4 is 10.8 Å². The molecule has 0 amide bonds. The van der Waals surface area contributed by atoms with Crippen LogP contribution in [0.1, 0.15) is 0 Å². The first kappa shape index (κ1) is 19.6. The van der Waals surface area contributed by atoms with Gasteiger partial charge in [0.25, 0.3) is 0 Å². The quantitative estimate of drug-likeness (QED) is 0.386. The first-order valence-electron chi connectivity index (χ1n) is 9.68. The number of fused-ring (bicyclic) bond motifs is 1. The lowest BCUT2D eigenvalue weighted by atomic mass is 9.91. The van der Waals surface area contributed by atoms with Crippen molar-refractivity contribution in [1.29, 1.82) is 0 Å². The summed E-state index contributed by atoms with van der Waals surface area (Å²) in [6, 6.07) is 24.0. The van der Waals surface area contributed by atoms with E-state index in [4.69, 9.17) is 18.9 Å². The smallest absolute Gasteiger partial charge is 0.127 e. The van der Waals surface area contributed by atoms with Crippen molar-refractivity contribution in [2.75, 3.05) is 28.4 Å². The van der Waals surface area contributed by atoms with Crippen LogP contribution in [0, 0.1) is 0 Å². The molecule has 0 atom stereocenters. The number of hydrogen-bond acceptors (Lipinski definition) is 4. The van der Waals surface area contributed by atoms with Gasteiger partial charge in [-0.05, 0) is 47.5 Å². The summed E-state index contributed by atoms with van der Waals surface area (Å²) in [5.74, 6) is 3.13. The monoisotopic (exact) mass is 400 g/mol. The molecule has 0 heterocycles. The van der Waals surface area contributed by atoms with Crippen LogP contribution in [0.5, 0.6) is 23.0 Å². The topological polar surface area (TPSA) is 36.9 Å². The summed E-state index contributed by atoms with van der Waals surface area (Å²) in [6.07, 6.45) is 0. The van der Waals surface area contributed by atoms with Gasteiger partial charge in [-0.15, -0.1) is 0 Å². The van der Waals surface area contributed by atoms with Gasteiger partial charge in [0.2, 0.25) is 0 Å². The Morgan fingerprint density at radius 3 is 1.10 bits per heavy atom. The zero-order valence-electron chi connectivity index (χ0n) is 17.6. The van der Waals surface area contributed by atoms with Crippen LogP contribution in [0.4, 0.5) is 0 Å².